The van der Waals surface area contributed by atoms with E-state index in [1.54, 1.807) is 13.8 Å². The standard InChI is InChI=1S/C13H22F3N3O2/c1-8(2)11(17)12(21)18-6-10(20)19-5-3-4-9(7-19)13(14,15)16/h8-9,11H,3-7,17H2,1-2H3,(H,18,21)/t9?,11-/m0/s1. The maximum absolute atomic E-state index is 12.7. The van der Waals surface area contributed by atoms with Crippen LogP contribution in [-0.4, -0.2) is 48.6 Å². The number of halogens is 3. The quantitative estimate of drug-likeness (QED) is 0.810. The number of nitrogens with one attached hydrogen (secondary N) is 1. The van der Waals surface area contributed by atoms with Crippen molar-refractivity contribution < 1.29 is 22.8 Å². The van der Waals surface area contributed by atoms with Gasteiger partial charge in [-0.3, -0.25) is 9.59 Å². The highest BCUT2D eigenvalue weighted by atomic mass is 19.4. The number of carbonyl (C=O) groups excluding carboxylic acids is 2. The molecule has 122 valence electrons. The van der Waals surface area contributed by atoms with Gasteiger partial charge in [0, 0.05) is 13.1 Å². The second-order valence-electron chi connectivity index (χ2n) is 5.71. The van der Waals surface area contributed by atoms with Crippen molar-refractivity contribution in [2.75, 3.05) is 19.6 Å². The lowest BCUT2D eigenvalue weighted by Gasteiger charge is -2.33. The van der Waals surface area contributed by atoms with Crippen molar-refractivity contribution in [3.8, 4) is 0 Å². The molecule has 0 saturated carbocycles. The predicted molar refractivity (Wildman–Crippen MR) is 71.2 cm³/mol. The van der Waals surface area contributed by atoms with Crippen LogP contribution in [0.3, 0.4) is 0 Å². The zero-order valence-electron chi connectivity index (χ0n) is 12.2. The molecule has 21 heavy (non-hydrogen) atoms. The molecule has 1 heterocycles. The Bertz CT molecular complexity index is 385. The Balaban J connectivity index is 2.47. The fourth-order valence-corrected chi connectivity index (χ4v) is 2.17. The average Bonchev–Trinajstić information content (AvgIpc) is 2.42. The molecule has 2 amide bonds. The Morgan fingerprint density at radius 1 is 1.38 bits per heavy atom. The van der Waals surface area contributed by atoms with E-state index in [9.17, 15) is 22.8 Å². The Labute approximate surface area is 122 Å². The molecule has 0 aliphatic carbocycles. The topological polar surface area (TPSA) is 75.4 Å². The summed E-state index contributed by atoms with van der Waals surface area (Å²) in [6.45, 7) is 3.17. The van der Waals surface area contributed by atoms with Gasteiger partial charge in [-0.1, -0.05) is 13.8 Å². The van der Waals surface area contributed by atoms with Crippen molar-refractivity contribution in [1.82, 2.24) is 10.2 Å². The van der Waals surface area contributed by atoms with Gasteiger partial charge < -0.3 is 16.0 Å². The van der Waals surface area contributed by atoms with E-state index in [1.807, 2.05) is 0 Å². The predicted octanol–water partition coefficient (Wildman–Crippen LogP) is 0.887. The summed E-state index contributed by atoms with van der Waals surface area (Å²) < 4.78 is 38.0. The van der Waals surface area contributed by atoms with E-state index in [0.29, 0.717) is 6.42 Å². The van der Waals surface area contributed by atoms with Crippen LogP contribution in [0.25, 0.3) is 0 Å². The van der Waals surface area contributed by atoms with Crippen LogP contribution in [-0.2, 0) is 9.59 Å². The number of amides is 2. The van der Waals surface area contributed by atoms with Crippen LogP contribution in [0.1, 0.15) is 26.7 Å². The minimum Gasteiger partial charge on any atom is -0.346 e. The molecule has 1 fully saturated rings. The highest BCUT2D eigenvalue weighted by molar-refractivity contribution is 5.87. The first-order valence-corrected chi connectivity index (χ1v) is 7.00. The Morgan fingerprint density at radius 3 is 2.52 bits per heavy atom. The van der Waals surface area contributed by atoms with Crippen LogP contribution in [0.15, 0.2) is 0 Å². The fourth-order valence-electron chi connectivity index (χ4n) is 2.17. The van der Waals surface area contributed by atoms with E-state index in [4.69, 9.17) is 5.73 Å². The number of hydrogen-bond donors (Lipinski definition) is 2. The number of carbonyl (C=O) groups is 2. The first kappa shape index (κ1) is 17.7. The second-order valence-corrected chi connectivity index (χ2v) is 5.71. The molecule has 1 aliphatic rings. The van der Waals surface area contributed by atoms with Gasteiger partial charge in [0.05, 0.1) is 18.5 Å². The molecule has 5 nitrogen and oxygen atoms in total. The van der Waals surface area contributed by atoms with Gasteiger partial charge in [-0.25, -0.2) is 0 Å². The largest absolute Gasteiger partial charge is 0.393 e. The number of hydrogen-bond acceptors (Lipinski definition) is 3. The van der Waals surface area contributed by atoms with E-state index in [0.717, 1.165) is 4.90 Å². The molecule has 0 aromatic rings. The number of nitrogens with two attached hydrogens (primary N) is 1. The molecule has 0 aromatic heterocycles. The van der Waals surface area contributed by atoms with Gasteiger partial charge in [-0.05, 0) is 18.8 Å². The van der Waals surface area contributed by atoms with Gasteiger partial charge in [0.2, 0.25) is 11.8 Å². The summed E-state index contributed by atoms with van der Waals surface area (Å²) in [5, 5.41) is 2.38. The van der Waals surface area contributed by atoms with E-state index in [1.165, 1.54) is 0 Å². The monoisotopic (exact) mass is 309 g/mol. The minimum atomic E-state index is -4.29. The van der Waals surface area contributed by atoms with E-state index in [-0.39, 0.29) is 32.0 Å². The maximum atomic E-state index is 12.7. The van der Waals surface area contributed by atoms with Gasteiger partial charge in [0.25, 0.3) is 0 Å². The second kappa shape index (κ2) is 7.11. The summed E-state index contributed by atoms with van der Waals surface area (Å²) in [5.41, 5.74) is 5.62. The molecular formula is C13H22F3N3O2. The number of likely N-dealkylation sites (tertiary alicyclic amines) is 1. The van der Waals surface area contributed by atoms with Crippen LogP contribution in [0.2, 0.25) is 0 Å². The lowest BCUT2D eigenvalue weighted by Crippen LogP contribution is -2.50. The Hall–Kier alpha value is -1.31. The molecule has 0 spiro atoms. The van der Waals surface area contributed by atoms with Gasteiger partial charge in [0.1, 0.15) is 0 Å². The molecular weight excluding hydrogens is 287 g/mol. The molecule has 3 N–H and O–H groups in total. The van der Waals surface area contributed by atoms with Gasteiger partial charge in [-0.15, -0.1) is 0 Å². The van der Waals surface area contributed by atoms with Crippen LogP contribution in [0, 0.1) is 11.8 Å². The van der Waals surface area contributed by atoms with Crippen molar-refractivity contribution in [2.45, 2.75) is 38.9 Å². The Kier molecular flexibility index (Phi) is 6.00. The lowest BCUT2D eigenvalue weighted by atomic mass is 9.97. The molecule has 0 bridgehead atoms. The molecule has 1 saturated heterocycles. The van der Waals surface area contributed by atoms with E-state index in [2.05, 4.69) is 5.32 Å². The first-order valence-electron chi connectivity index (χ1n) is 7.00. The van der Waals surface area contributed by atoms with Crippen molar-refractivity contribution >= 4 is 11.8 Å². The van der Waals surface area contributed by atoms with Crippen molar-refractivity contribution in [3.05, 3.63) is 0 Å². The normalized spacial score (nSPS) is 21.3. The molecule has 0 radical (unpaired) electrons. The van der Waals surface area contributed by atoms with Crippen LogP contribution < -0.4 is 11.1 Å². The number of nitrogens with zero attached hydrogens (tertiary/aromatic N) is 1. The third-order valence-corrected chi connectivity index (χ3v) is 3.67. The highest BCUT2D eigenvalue weighted by Gasteiger charge is 2.42. The molecule has 1 aliphatic heterocycles. The molecule has 1 unspecified atom stereocenters. The SMILES string of the molecule is CC(C)[C@H](N)C(=O)NCC(=O)N1CCCC(C(F)(F)F)C1. The maximum Gasteiger partial charge on any atom is 0.393 e. The third-order valence-electron chi connectivity index (χ3n) is 3.67. The first-order chi connectivity index (χ1) is 9.62. The Morgan fingerprint density at radius 2 is 2.00 bits per heavy atom. The summed E-state index contributed by atoms with van der Waals surface area (Å²) in [4.78, 5) is 24.6. The van der Waals surface area contributed by atoms with Crippen molar-refractivity contribution in [3.63, 3.8) is 0 Å². The smallest absolute Gasteiger partial charge is 0.346 e. The number of rotatable bonds is 4. The number of piperidine rings is 1. The van der Waals surface area contributed by atoms with Gasteiger partial charge >= 0.3 is 6.18 Å². The fraction of sp³-hybridized carbons (Fsp3) is 0.846. The van der Waals surface area contributed by atoms with Crippen LogP contribution >= 0.6 is 0 Å². The van der Waals surface area contributed by atoms with E-state index >= 15 is 0 Å². The van der Waals surface area contributed by atoms with Crippen LogP contribution in [0.5, 0.6) is 0 Å². The average molecular weight is 309 g/mol. The van der Waals surface area contributed by atoms with Crippen LogP contribution in [0.4, 0.5) is 13.2 Å². The van der Waals surface area contributed by atoms with Gasteiger partial charge in [-0.2, -0.15) is 13.2 Å². The molecule has 2 atom stereocenters. The minimum absolute atomic E-state index is 0.0395. The third kappa shape index (κ3) is 5.18. The zero-order chi connectivity index (χ0) is 16.2. The summed E-state index contributed by atoms with van der Waals surface area (Å²) in [6, 6.07) is -0.734. The zero-order valence-corrected chi connectivity index (χ0v) is 12.2. The number of alkyl halides is 3. The summed E-state index contributed by atoms with van der Waals surface area (Å²) in [7, 11) is 0. The molecule has 8 heteroatoms. The van der Waals surface area contributed by atoms with E-state index < -0.39 is 30.0 Å². The summed E-state index contributed by atoms with van der Waals surface area (Å²) >= 11 is 0. The highest BCUT2D eigenvalue weighted by Crippen LogP contribution is 2.32. The van der Waals surface area contributed by atoms with Crippen molar-refractivity contribution in [1.29, 1.82) is 0 Å². The van der Waals surface area contributed by atoms with Gasteiger partial charge in [0.15, 0.2) is 0 Å². The summed E-state index contributed by atoms with van der Waals surface area (Å²) in [6.07, 6.45) is -3.94. The molecule has 1 rings (SSSR count). The molecule has 0 aromatic carbocycles. The van der Waals surface area contributed by atoms with Crippen molar-refractivity contribution in [2.24, 2.45) is 17.6 Å². The summed E-state index contributed by atoms with van der Waals surface area (Å²) in [5.74, 6) is -2.54. The lowest BCUT2D eigenvalue weighted by molar-refractivity contribution is -0.188.